The molecular weight excluding hydrogens is 466 g/mol. The summed E-state index contributed by atoms with van der Waals surface area (Å²) in [6.45, 7) is 4.02. The first-order chi connectivity index (χ1) is 17.1. The maximum atomic E-state index is 13.6. The van der Waals surface area contributed by atoms with Crippen molar-refractivity contribution in [1.29, 1.82) is 5.26 Å². The number of benzene rings is 2. The van der Waals surface area contributed by atoms with Gasteiger partial charge in [0.15, 0.2) is 17.1 Å². The SMILES string of the molecule is CCOc1ccc(/C=c2/s/c(=C(/C#N)C(=O)N3CCOCC3)n(-c3ccccc3)c2=O)cc1OC. The fourth-order valence-electron chi connectivity index (χ4n) is 3.77. The summed E-state index contributed by atoms with van der Waals surface area (Å²) in [5, 5.41) is 9.98. The molecular formula is C26H25N3O5S. The minimum Gasteiger partial charge on any atom is -0.493 e. The van der Waals surface area contributed by atoms with Crippen molar-refractivity contribution in [3.8, 4) is 23.3 Å². The van der Waals surface area contributed by atoms with E-state index in [4.69, 9.17) is 14.2 Å². The van der Waals surface area contributed by atoms with E-state index >= 15 is 0 Å². The molecule has 1 amide bonds. The third-order valence-electron chi connectivity index (χ3n) is 5.46. The minimum atomic E-state index is -0.406. The lowest BCUT2D eigenvalue weighted by Gasteiger charge is -2.26. The molecule has 0 radical (unpaired) electrons. The monoisotopic (exact) mass is 491 g/mol. The second kappa shape index (κ2) is 11.0. The summed E-state index contributed by atoms with van der Waals surface area (Å²) < 4.78 is 18.4. The van der Waals surface area contributed by atoms with E-state index in [0.717, 1.165) is 16.9 Å². The molecule has 0 saturated carbocycles. The lowest BCUT2D eigenvalue weighted by molar-refractivity contribution is -0.128. The fraction of sp³-hybridized carbons (Fsp3) is 0.269. The smallest absolute Gasteiger partial charge is 0.273 e. The van der Waals surface area contributed by atoms with Gasteiger partial charge in [-0.05, 0) is 42.8 Å². The largest absolute Gasteiger partial charge is 0.493 e. The highest BCUT2D eigenvalue weighted by atomic mass is 32.1. The summed E-state index contributed by atoms with van der Waals surface area (Å²) in [6, 6.07) is 16.4. The zero-order valence-corrected chi connectivity index (χ0v) is 20.3. The van der Waals surface area contributed by atoms with Crippen LogP contribution >= 0.6 is 11.3 Å². The van der Waals surface area contributed by atoms with Gasteiger partial charge in [0.1, 0.15) is 10.7 Å². The van der Waals surface area contributed by atoms with Gasteiger partial charge in [0.2, 0.25) is 0 Å². The van der Waals surface area contributed by atoms with Crippen LogP contribution in [-0.4, -0.2) is 55.4 Å². The Hall–Kier alpha value is -3.87. The average Bonchev–Trinajstić information content (AvgIpc) is 3.21. The summed E-state index contributed by atoms with van der Waals surface area (Å²) in [5.74, 6) is 0.750. The van der Waals surface area contributed by atoms with Crippen molar-refractivity contribution in [2.24, 2.45) is 0 Å². The number of aromatic nitrogens is 1. The molecule has 0 bridgehead atoms. The molecule has 8 nitrogen and oxygen atoms in total. The van der Waals surface area contributed by atoms with Crippen molar-refractivity contribution in [1.82, 2.24) is 9.47 Å². The van der Waals surface area contributed by atoms with Crippen molar-refractivity contribution < 1.29 is 19.0 Å². The van der Waals surface area contributed by atoms with E-state index in [2.05, 4.69) is 6.07 Å². The van der Waals surface area contributed by atoms with E-state index in [1.165, 1.54) is 4.57 Å². The fourth-order valence-corrected chi connectivity index (χ4v) is 4.87. The quantitative estimate of drug-likeness (QED) is 0.521. The summed E-state index contributed by atoms with van der Waals surface area (Å²) in [6.07, 6.45) is 1.72. The molecule has 0 N–H and O–H groups in total. The number of para-hydroxylation sites is 1. The molecule has 35 heavy (non-hydrogen) atoms. The van der Waals surface area contributed by atoms with E-state index in [-0.39, 0.29) is 11.1 Å². The van der Waals surface area contributed by atoms with Crippen LogP contribution in [0.25, 0.3) is 17.3 Å². The van der Waals surface area contributed by atoms with Gasteiger partial charge in [-0.3, -0.25) is 14.2 Å². The van der Waals surface area contributed by atoms with Crippen LogP contribution in [0.5, 0.6) is 11.5 Å². The molecule has 0 aliphatic carbocycles. The van der Waals surface area contributed by atoms with Gasteiger partial charge in [0, 0.05) is 13.1 Å². The summed E-state index contributed by atoms with van der Waals surface area (Å²) in [7, 11) is 1.55. The van der Waals surface area contributed by atoms with Crippen LogP contribution in [0.1, 0.15) is 12.5 Å². The molecule has 180 valence electrons. The van der Waals surface area contributed by atoms with E-state index in [9.17, 15) is 14.9 Å². The average molecular weight is 492 g/mol. The van der Waals surface area contributed by atoms with E-state index in [1.54, 1.807) is 54.5 Å². The molecule has 1 aromatic heterocycles. The highest BCUT2D eigenvalue weighted by Gasteiger charge is 2.24. The first kappa shape index (κ1) is 24.3. The Morgan fingerprint density at radius 2 is 1.91 bits per heavy atom. The molecule has 2 aromatic carbocycles. The summed E-state index contributed by atoms with van der Waals surface area (Å²) in [5.41, 5.74) is 0.928. The van der Waals surface area contributed by atoms with Crippen molar-refractivity contribution in [3.05, 3.63) is 73.6 Å². The van der Waals surface area contributed by atoms with Crippen LogP contribution in [0.15, 0.2) is 53.3 Å². The maximum Gasteiger partial charge on any atom is 0.273 e. The summed E-state index contributed by atoms with van der Waals surface area (Å²) >= 11 is 1.11. The van der Waals surface area contributed by atoms with Crippen LogP contribution in [0.4, 0.5) is 0 Å². The molecule has 0 atom stereocenters. The van der Waals surface area contributed by atoms with Gasteiger partial charge >= 0.3 is 0 Å². The highest BCUT2D eigenvalue weighted by molar-refractivity contribution is 7.07. The number of amides is 1. The van der Waals surface area contributed by atoms with E-state index in [1.807, 2.05) is 19.1 Å². The Balaban J connectivity index is 1.93. The zero-order chi connectivity index (χ0) is 24.8. The second-order valence-electron chi connectivity index (χ2n) is 7.63. The third kappa shape index (κ3) is 5.14. The standard InChI is InChI=1S/C26H25N3O5S/c1-3-34-21-10-9-18(15-22(21)32-2)16-23-25(31)29(19-7-5-4-6-8-19)26(35-23)20(17-27)24(30)28-11-13-33-14-12-28/h4-10,15-16H,3,11-14H2,1-2H3/b23-16+,26-20-. The molecule has 1 fully saturated rings. The number of carbonyl (C=O) groups is 1. The Bertz CT molecular complexity index is 1430. The lowest BCUT2D eigenvalue weighted by Crippen LogP contribution is -2.42. The van der Waals surface area contributed by atoms with Crippen LogP contribution in [0.2, 0.25) is 0 Å². The van der Waals surface area contributed by atoms with Crippen LogP contribution in [0, 0.1) is 11.3 Å². The number of morpholine rings is 1. The van der Waals surface area contributed by atoms with Gasteiger partial charge in [0.05, 0.1) is 37.2 Å². The molecule has 4 rings (SSSR count). The Morgan fingerprint density at radius 1 is 1.17 bits per heavy atom. The Labute approximate surface area is 206 Å². The van der Waals surface area contributed by atoms with Crippen molar-refractivity contribution in [3.63, 3.8) is 0 Å². The number of thiazole rings is 1. The van der Waals surface area contributed by atoms with Gasteiger partial charge in [0.25, 0.3) is 11.5 Å². The first-order valence-corrected chi connectivity index (χ1v) is 12.0. The van der Waals surface area contributed by atoms with Gasteiger partial charge < -0.3 is 19.1 Å². The van der Waals surface area contributed by atoms with Crippen molar-refractivity contribution in [2.45, 2.75) is 6.92 Å². The lowest BCUT2D eigenvalue weighted by atomic mass is 10.2. The second-order valence-corrected chi connectivity index (χ2v) is 8.66. The van der Waals surface area contributed by atoms with Crippen molar-refractivity contribution >= 4 is 28.9 Å². The number of ether oxygens (including phenoxy) is 3. The van der Waals surface area contributed by atoms with Crippen LogP contribution < -0.4 is 24.2 Å². The predicted octanol–water partition coefficient (Wildman–Crippen LogP) is 1.67. The molecule has 1 saturated heterocycles. The normalized spacial score (nSPS) is 14.9. The molecule has 9 heteroatoms. The van der Waals surface area contributed by atoms with E-state index in [0.29, 0.717) is 59.3 Å². The summed E-state index contributed by atoms with van der Waals surface area (Å²) in [4.78, 5) is 28.4. The molecule has 3 aromatic rings. The Morgan fingerprint density at radius 3 is 2.57 bits per heavy atom. The molecule has 2 heterocycles. The van der Waals surface area contributed by atoms with Crippen molar-refractivity contribution in [2.75, 3.05) is 40.0 Å². The molecule has 1 aliphatic heterocycles. The number of methoxy groups -OCH3 is 1. The Kier molecular flexibility index (Phi) is 7.65. The van der Waals surface area contributed by atoms with Gasteiger partial charge in [-0.1, -0.05) is 24.3 Å². The number of nitriles is 1. The molecule has 1 aliphatic rings. The number of hydrogen-bond acceptors (Lipinski definition) is 7. The number of nitrogens with zero attached hydrogens (tertiary/aromatic N) is 3. The zero-order valence-electron chi connectivity index (χ0n) is 19.5. The maximum absolute atomic E-state index is 13.6. The predicted molar refractivity (Wildman–Crippen MR) is 133 cm³/mol. The van der Waals surface area contributed by atoms with Gasteiger partial charge in [-0.25, -0.2) is 0 Å². The van der Waals surface area contributed by atoms with Gasteiger partial charge in [-0.15, -0.1) is 11.3 Å². The van der Waals surface area contributed by atoms with Crippen LogP contribution in [0.3, 0.4) is 0 Å². The highest BCUT2D eigenvalue weighted by Crippen LogP contribution is 2.28. The number of carbonyl (C=O) groups excluding carboxylic acids is 1. The first-order valence-electron chi connectivity index (χ1n) is 11.2. The third-order valence-corrected chi connectivity index (χ3v) is 6.55. The number of hydrogen-bond donors (Lipinski definition) is 0. The molecule has 0 spiro atoms. The minimum absolute atomic E-state index is 0.0678. The van der Waals surface area contributed by atoms with Crippen LogP contribution in [-0.2, 0) is 9.53 Å². The number of rotatable bonds is 6. The topological polar surface area (TPSA) is 93.8 Å². The van der Waals surface area contributed by atoms with E-state index < -0.39 is 5.91 Å². The molecule has 0 unspecified atom stereocenters. The van der Waals surface area contributed by atoms with Gasteiger partial charge in [-0.2, -0.15) is 5.26 Å².